The Bertz CT molecular complexity index is 477. The molecule has 1 saturated heterocycles. The Hall–Kier alpha value is -1.89. The van der Waals surface area contributed by atoms with Crippen molar-refractivity contribution in [1.29, 1.82) is 0 Å². The number of halogens is 2. The highest BCUT2D eigenvalue weighted by Crippen LogP contribution is 2.31. The molecule has 2 rings (SSSR count). The minimum atomic E-state index is -2.95. The average molecular weight is 286 g/mol. The summed E-state index contributed by atoms with van der Waals surface area (Å²) in [6.45, 7) is -2.15. The Balaban J connectivity index is 2.09. The number of methoxy groups -OCH3 is 1. The zero-order chi connectivity index (χ0) is 14.5. The van der Waals surface area contributed by atoms with Crippen LogP contribution in [0.1, 0.15) is 12.8 Å². The van der Waals surface area contributed by atoms with Crippen LogP contribution < -0.4 is 20.1 Å². The quantitative estimate of drug-likeness (QED) is 0.869. The third-order valence-electron chi connectivity index (χ3n) is 3.02. The Morgan fingerprint density at radius 1 is 1.45 bits per heavy atom. The van der Waals surface area contributed by atoms with Crippen LogP contribution in [0.5, 0.6) is 11.5 Å². The second-order valence-electron chi connectivity index (χ2n) is 4.38. The van der Waals surface area contributed by atoms with Crippen molar-refractivity contribution in [2.75, 3.05) is 19.0 Å². The molecule has 0 spiro atoms. The lowest BCUT2D eigenvalue weighted by atomic mass is 10.2. The van der Waals surface area contributed by atoms with Crippen LogP contribution in [-0.4, -0.2) is 32.2 Å². The molecule has 110 valence electrons. The molecule has 0 saturated carbocycles. The SMILES string of the molecule is COc1ccc(NC(=O)C2CCCN2)cc1OC(F)F. The number of rotatable bonds is 5. The van der Waals surface area contributed by atoms with E-state index in [9.17, 15) is 13.6 Å². The zero-order valence-corrected chi connectivity index (χ0v) is 11.0. The first-order chi connectivity index (χ1) is 9.60. The van der Waals surface area contributed by atoms with E-state index in [1.54, 1.807) is 6.07 Å². The fourth-order valence-electron chi connectivity index (χ4n) is 2.08. The van der Waals surface area contributed by atoms with E-state index in [0.717, 1.165) is 19.4 Å². The lowest BCUT2D eigenvalue weighted by Gasteiger charge is -2.14. The van der Waals surface area contributed by atoms with Gasteiger partial charge in [-0.1, -0.05) is 0 Å². The molecular formula is C13H16F2N2O3. The highest BCUT2D eigenvalue weighted by Gasteiger charge is 2.22. The summed E-state index contributed by atoms with van der Waals surface area (Å²) < 4.78 is 33.9. The van der Waals surface area contributed by atoms with Crippen LogP contribution >= 0.6 is 0 Å². The summed E-state index contributed by atoms with van der Waals surface area (Å²) in [6.07, 6.45) is 1.71. The van der Waals surface area contributed by atoms with Gasteiger partial charge in [-0.25, -0.2) is 0 Å². The van der Waals surface area contributed by atoms with Crippen LogP contribution in [0.4, 0.5) is 14.5 Å². The number of hydrogen-bond donors (Lipinski definition) is 2. The van der Waals surface area contributed by atoms with E-state index >= 15 is 0 Å². The van der Waals surface area contributed by atoms with E-state index < -0.39 is 6.61 Å². The summed E-state index contributed by atoms with van der Waals surface area (Å²) >= 11 is 0. The third kappa shape index (κ3) is 3.57. The predicted molar refractivity (Wildman–Crippen MR) is 69.3 cm³/mol. The summed E-state index contributed by atoms with van der Waals surface area (Å²) in [5.41, 5.74) is 0.389. The molecule has 2 N–H and O–H groups in total. The van der Waals surface area contributed by atoms with Gasteiger partial charge < -0.3 is 20.1 Å². The molecule has 1 aliphatic heterocycles. The normalized spacial score (nSPS) is 18.1. The second-order valence-corrected chi connectivity index (χ2v) is 4.38. The summed E-state index contributed by atoms with van der Waals surface area (Å²) in [4.78, 5) is 11.9. The second kappa shape index (κ2) is 6.51. The van der Waals surface area contributed by atoms with Gasteiger partial charge in [-0.15, -0.1) is 0 Å². The smallest absolute Gasteiger partial charge is 0.387 e. The number of hydrogen-bond acceptors (Lipinski definition) is 4. The highest BCUT2D eigenvalue weighted by molar-refractivity contribution is 5.95. The molecule has 1 aromatic rings. The molecule has 1 heterocycles. The lowest BCUT2D eigenvalue weighted by Crippen LogP contribution is -2.35. The minimum absolute atomic E-state index is 0.111. The molecule has 7 heteroatoms. The number of amides is 1. The molecule has 0 aliphatic carbocycles. The van der Waals surface area contributed by atoms with Gasteiger partial charge in [0.05, 0.1) is 13.2 Å². The van der Waals surface area contributed by atoms with Crippen LogP contribution in [0.3, 0.4) is 0 Å². The van der Waals surface area contributed by atoms with Crippen molar-refractivity contribution in [3.05, 3.63) is 18.2 Å². The Kier molecular flexibility index (Phi) is 4.73. The minimum Gasteiger partial charge on any atom is -0.493 e. The molecular weight excluding hydrogens is 270 g/mol. The number of ether oxygens (including phenoxy) is 2. The maximum Gasteiger partial charge on any atom is 0.387 e. The number of carbonyl (C=O) groups is 1. The highest BCUT2D eigenvalue weighted by atomic mass is 19.3. The first-order valence-electron chi connectivity index (χ1n) is 6.27. The van der Waals surface area contributed by atoms with Crippen molar-refractivity contribution in [1.82, 2.24) is 5.32 Å². The van der Waals surface area contributed by atoms with Gasteiger partial charge in [0.15, 0.2) is 11.5 Å². The molecule has 1 atom stereocenters. The summed E-state index contributed by atoms with van der Waals surface area (Å²) in [5.74, 6) is -0.113. The molecule has 0 aromatic heterocycles. The van der Waals surface area contributed by atoms with Crippen molar-refractivity contribution in [2.45, 2.75) is 25.5 Å². The lowest BCUT2D eigenvalue weighted by molar-refractivity contribution is -0.117. The van der Waals surface area contributed by atoms with Gasteiger partial charge in [0.1, 0.15) is 0 Å². The van der Waals surface area contributed by atoms with Gasteiger partial charge >= 0.3 is 6.61 Å². The Labute approximate surface area is 115 Å². The standard InChI is InChI=1S/C13H16F2N2O3/c1-19-10-5-4-8(7-11(10)20-13(14)15)17-12(18)9-3-2-6-16-9/h4-5,7,9,13,16H,2-3,6H2,1H3,(H,17,18). The molecule has 1 amide bonds. The molecule has 0 bridgehead atoms. The molecule has 1 unspecified atom stereocenters. The van der Waals surface area contributed by atoms with Crippen LogP contribution in [0.15, 0.2) is 18.2 Å². The number of anilines is 1. The molecule has 20 heavy (non-hydrogen) atoms. The van der Waals surface area contributed by atoms with Gasteiger partial charge in [-0.05, 0) is 31.5 Å². The molecule has 1 aromatic carbocycles. The van der Waals surface area contributed by atoms with E-state index in [2.05, 4.69) is 15.4 Å². The van der Waals surface area contributed by atoms with Crippen LogP contribution in [0.25, 0.3) is 0 Å². The van der Waals surface area contributed by atoms with E-state index in [-0.39, 0.29) is 23.4 Å². The maximum atomic E-state index is 12.3. The summed E-state index contributed by atoms with van der Waals surface area (Å²) in [6, 6.07) is 4.12. The number of carbonyl (C=O) groups excluding carboxylic acids is 1. The van der Waals surface area contributed by atoms with Gasteiger partial charge in [0.2, 0.25) is 5.91 Å². The van der Waals surface area contributed by atoms with Crippen molar-refractivity contribution in [2.24, 2.45) is 0 Å². The topological polar surface area (TPSA) is 59.6 Å². The van der Waals surface area contributed by atoms with Gasteiger partial charge in [0.25, 0.3) is 0 Å². The maximum absolute atomic E-state index is 12.3. The van der Waals surface area contributed by atoms with Gasteiger partial charge in [-0.2, -0.15) is 8.78 Å². The predicted octanol–water partition coefficient (Wildman–Crippen LogP) is 1.99. The van der Waals surface area contributed by atoms with Crippen LogP contribution in [0, 0.1) is 0 Å². The Morgan fingerprint density at radius 3 is 2.85 bits per heavy atom. The monoisotopic (exact) mass is 286 g/mol. The molecule has 1 fully saturated rings. The van der Waals surface area contributed by atoms with Crippen molar-refractivity contribution >= 4 is 11.6 Å². The first kappa shape index (κ1) is 14.5. The van der Waals surface area contributed by atoms with Gasteiger partial charge in [-0.3, -0.25) is 4.79 Å². The Morgan fingerprint density at radius 2 is 2.25 bits per heavy atom. The number of alkyl halides is 2. The van der Waals surface area contributed by atoms with E-state index in [1.165, 1.54) is 19.2 Å². The third-order valence-corrected chi connectivity index (χ3v) is 3.02. The fraction of sp³-hybridized carbons (Fsp3) is 0.462. The molecule has 1 aliphatic rings. The van der Waals surface area contributed by atoms with E-state index in [1.807, 2.05) is 0 Å². The largest absolute Gasteiger partial charge is 0.493 e. The molecule has 5 nitrogen and oxygen atoms in total. The zero-order valence-electron chi connectivity index (χ0n) is 11.0. The first-order valence-corrected chi connectivity index (χ1v) is 6.27. The summed E-state index contributed by atoms with van der Waals surface area (Å²) in [5, 5.41) is 5.72. The van der Waals surface area contributed by atoms with Crippen molar-refractivity contribution in [3.8, 4) is 11.5 Å². The van der Waals surface area contributed by atoms with Gasteiger partial charge in [0, 0.05) is 11.8 Å². The average Bonchev–Trinajstić information content (AvgIpc) is 2.92. The van der Waals surface area contributed by atoms with E-state index in [0.29, 0.717) is 5.69 Å². The van der Waals surface area contributed by atoms with E-state index in [4.69, 9.17) is 4.74 Å². The number of benzene rings is 1. The van der Waals surface area contributed by atoms with Crippen LogP contribution in [0.2, 0.25) is 0 Å². The van der Waals surface area contributed by atoms with Crippen molar-refractivity contribution < 1.29 is 23.0 Å². The fourth-order valence-corrected chi connectivity index (χ4v) is 2.08. The van der Waals surface area contributed by atoms with Crippen LogP contribution in [-0.2, 0) is 4.79 Å². The summed E-state index contributed by atoms with van der Waals surface area (Å²) in [7, 11) is 1.36. The molecule has 0 radical (unpaired) electrons. The number of nitrogens with one attached hydrogen (secondary N) is 2. The van der Waals surface area contributed by atoms with Crippen molar-refractivity contribution in [3.63, 3.8) is 0 Å².